The number of hydrogen-bond acceptors (Lipinski definition) is 3. The molecule has 0 saturated carbocycles. The van der Waals surface area contributed by atoms with Crippen LogP contribution < -0.4 is 4.74 Å². The van der Waals surface area contributed by atoms with Crippen LogP contribution in [-0.4, -0.2) is 41.8 Å². The number of nitrogens with zero attached hydrogens (tertiary/aromatic N) is 1. The molecule has 120 valence electrons. The molecular weight excluding hydrogens is 274 g/mol. The minimum absolute atomic E-state index is 0.422. The van der Waals surface area contributed by atoms with Crippen LogP contribution in [0, 0.1) is 5.92 Å². The molecule has 0 spiro atoms. The smallest absolute Gasteiger partial charge is 0.119 e. The second kappa shape index (κ2) is 6.84. The van der Waals surface area contributed by atoms with Gasteiger partial charge in [0, 0.05) is 6.54 Å². The third-order valence-electron chi connectivity index (χ3n) is 4.98. The Morgan fingerprint density at radius 3 is 2.59 bits per heavy atom. The van der Waals surface area contributed by atoms with E-state index in [0.29, 0.717) is 5.92 Å². The highest BCUT2D eigenvalue weighted by molar-refractivity contribution is 5.52. The van der Waals surface area contributed by atoms with Crippen LogP contribution in [0.1, 0.15) is 38.2 Å². The van der Waals surface area contributed by atoms with E-state index >= 15 is 0 Å². The lowest BCUT2D eigenvalue weighted by molar-refractivity contribution is -0.0775. The topological polar surface area (TPSA) is 32.7 Å². The number of benzene rings is 1. The molecule has 22 heavy (non-hydrogen) atoms. The van der Waals surface area contributed by atoms with Crippen molar-refractivity contribution in [2.24, 2.45) is 5.92 Å². The van der Waals surface area contributed by atoms with Gasteiger partial charge in [-0.2, -0.15) is 0 Å². The number of aliphatic hydroxyl groups is 1. The van der Waals surface area contributed by atoms with Crippen molar-refractivity contribution < 1.29 is 9.84 Å². The van der Waals surface area contributed by atoms with Gasteiger partial charge in [0.25, 0.3) is 0 Å². The zero-order valence-corrected chi connectivity index (χ0v) is 13.5. The van der Waals surface area contributed by atoms with Gasteiger partial charge in [0.15, 0.2) is 0 Å². The molecular formula is C19H27NO2. The van der Waals surface area contributed by atoms with Crippen molar-refractivity contribution in [3.05, 3.63) is 35.9 Å². The summed E-state index contributed by atoms with van der Waals surface area (Å²) in [6.07, 6.45) is 8.54. The molecule has 0 aliphatic carbocycles. The molecule has 3 heterocycles. The molecule has 1 atom stereocenters. The lowest BCUT2D eigenvalue weighted by Crippen LogP contribution is -2.58. The molecule has 3 saturated heterocycles. The minimum atomic E-state index is -0.646. The van der Waals surface area contributed by atoms with Crippen LogP contribution in [0.15, 0.2) is 30.3 Å². The number of unbranched alkanes of at least 4 members (excludes halogenated alkanes) is 1. The van der Waals surface area contributed by atoms with Crippen molar-refractivity contribution in [3.8, 4) is 5.75 Å². The lowest BCUT2D eigenvalue weighted by atomic mass is 9.75. The molecule has 1 unspecified atom stereocenters. The Bertz CT molecular complexity index is 503. The van der Waals surface area contributed by atoms with Crippen LogP contribution in [0.2, 0.25) is 0 Å². The number of piperidine rings is 3. The number of fused-ring (bicyclic) bond motifs is 3. The van der Waals surface area contributed by atoms with Crippen molar-refractivity contribution >= 4 is 6.08 Å². The van der Waals surface area contributed by atoms with Crippen LogP contribution in [0.5, 0.6) is 5.75 Å². The van der Waals surface area contributed by atoms with E-state index in [-0.39, 0.29) is 0 Å². The summed E-state index contributed by atoms with van der Waals surface area (Å²) >= 11 is 0. The maximum absolute atomic E-state index is 10.9. The monoisotopic (exact) mass is 301 g/mol. The number of rotatable bonds is 6. The Morgan fingerprint density at radius 2 is 2.00 bits per heavy atom. The standard InChI is InChI=1S/C19H27NO2/c1-2-3-14-22-18-6-4-16(5-7-18)8-11-19(21)15-20-12-9-17(19)10-13-20/h4-8,11,17,21H,2-3,9-10,12-15H2,1H3. The van der Waals surface area contributed by atoms with Crippen LogP contribution >= 0.6 is 0 Å². The van der Waals surface area contributed by atoms with E-state index in [9.17, 15) is 5.11 Å². The van der Waals surface area contributed by atoms with Crippen molar-refractivity contribution in [2.75, 3.05) is 26.2 Å². The maximum atomic E-state index is 10.9. The van der Waals surface area contributed by atoms with Crippen LogP contribution in [0.4, 0.5) is 0 Å². The molecule has 1 aromatic rings. The zero-order chi connectivity index (χ0) is 15.4. The van der Waals surface area contributed by atoms with E-state index in [1.54, 1.807) is 0 Å². The summed E-state index contributed by atoms with van der Waals surface area (Å²) in [4.78, 5) is 2.37. The van der Waals surface area contributed by atoms with Gasteiger partial charge in [-0.05, 0) is 56.0 Å². The molecule has 3 fully saturated rings. The highest BCUT2D eigenvalue weighted by atomic mass is 16.5. The normalized spacial score (nSPS) is 30.8. The quantitative estimate of drug-likeness (QED) is 0.818. The predicted octanol–water partition coefficient (Wildman–Crippen LogP) is 3.34. The SMILES string of the molecule is CCCCOc1ccc(C=CC2(O)CN3CCC2CC3)cc1. The third kappa shape index (κ3) is 3.53. The van der Waals surface area contributed by atoms with E-state index in [4.69, 9.17) is 4.74 Å². The second-order valence-corrected chi connectivity index (χ2v) is 6.65. The first-order chi connectivity index (χ1) is 10.7. The van der Waals surface area contributed by atoms with Crippen molar-refractivity contribution in [3.63, 3.8) is 0 Å². The van der Waals surface area contributed by atoms with Crippen molar-refractivity contribution in [1.29, 1.82) is 0 Å². The molecule has 1 N–H and O–H groups in total. The Kier molecular flexibility index (Phi) is 4.84. The third-order valence-corrected chi connectivity index (χ3v) is 4.98. The fourth-order valence-electron chi connectivity index (χ4n) is 3.52. The van der Waals surface area contributed by atoms with Gasteiger partial charge in [0.1, 0.15) is 5.75 Å². The van der Waals surface area contributed by atoms with Crippen LogP contribution in [-0.2, 0) is 0 Å². The van der Waals surface area contributed by atoms with Gasteiger partial charge in [-0.1, -0.05) is 37.6 Å². The fourth-order valence-corrected chi connectivity index (χ4v) is 3.52. The summed E-state index contributed by atoms with van der Waals surface area (Å²) in [5, 5.41) is 10.9. The molecule has 0 amide bonds. The Morgan fingerprint density at radius 1 is 1.27 bits per heavy atom. The first-order valence-corrected chi connectivity index (χ1v) is 8.56. The maximum Gasteiger partial charge on any atom is 0.119 e. The zero-order valence-electron chi connectivity index (χ0n) is 13.5. The average Bonchev–Trinajstić information content (AvgIpc) is 2.55. The van der Waals surface area contributed by atoms with Crippen LogP contribution in [0.3, 0.4) is 0 Å². The Hall–Kier alpha value is -1.32. The van der Waals surface area contributed by atoms with Crippen molar-refractivity contribution in [2.45, 2.75) is 38.2 Å². The summed E-state index contributed by atoms with van der Waals surface area (Å²) < 4.78 is 5.68. The molecule has 3 nitrogen and oxygen atoms in total. The van der Waals surface area contributed by atoms with Gasteiger partial charge in [-0.15, -0.1) is 0 Å². The molecule has 4 rings (SSSR count). The van der Waals surface area contributed by atoms with Gasteiger partial charge in [-0.3, -0.25) is 0 Å². The highest BCUT2D eigenvalue weighted by Gasteiger charge is 2.43. The molecule has 2 bridgehead atoms. The van der Waals surface area contributed by atoms with E-state index < -0.39 is 5.60 Å². The fraction of sp³-hybridized carbons (Fsp3) is 0.579. The molecule has 1 aromatic carbocycles. The summed E-state index contributed by atoms with van der Waals surface area (Å²) in [6.45, 7) is 6.01. The van der Waals surface area contributed by atoms with E-state index in [0.717, 1.165) is 63.2 Å². The molecule has 0 aromatic heterocycles. The first-order valence-electron chi connectivity index (χ1n) is 8.56. The van der Waals surface area contributed by atoms with Gasteiger partial charge in [0.2, 0.25) is 0 Å². The van der Waals surface area contributed by atoms with Gasteiger partial charge >= 0.3 is 0 Å². The highest BCUT2D eigenvalue weighted by Crippen LogP contribution is 2.36. The van der Waals surface area contributed by atoms with Gasteiger partial charge < -0.3 is 14.7 Å². The average molecular weight is 301 g/mol. The number of hydrogen-bond donors (Lipinski definition) is 1. The van der Waals surface area contributed by atoms with Gasteiger partial charge in [-0.25, -0.2) is 0 Å². The molecule has 3 aliphatic heterocycles. The Labute approximate surface area is 133 Å². The second-order valence-electron chi connectivity index (χ2n) is 6.65. The summed E-state index contributed by atoms with van der Waals surface area (Å²) in [5.74, 6) is 1.34. The summed E-state index contributed by atoms with van der Waals surface area (Å²) in [6, 6.07) is 8.14. The molecule has 0 radical (unpaired) electrons. The van der Waals surface area contributed by atoms with E-state index in [2.05, 4.69) is 30.0 Å². The van der Waals surface area contributed by atoms with Crippen LogP contribution in [0.25, 0.3) is 6.08 Å². The lowest BCUT2D eigenvalue weighted by Gasteiger charge is -2.49. The minimum Gasteiger partial charge on any atom is -0.494 e. The Balaban J connectivity index is 1.60. The van der Waals surface area contributed by atoms with E-state index in [1.807, 2.05) is 18.2 Å². The number of ether oxygens (including phenoxy) is 1. The van der Waals surface area contributed by atoms with Gasteiger partial charge in [0.05, 0.1) is 12.2 Å². The molecule has 3 heteroatoms. The summed E-state index contributed by atoms with van der Waals surface area (Å²) in [7, 11) is 0. The van der Waals surface area contributed by atoms with E-state index in [1.165, 1.54) is 0 Å². The van der Waals surface area contributed by atoms with Crippen molar-refractivity contribution in [1.82, 2.24) is 4.90 Å². The molecule has 3 aliphatic rings. The largest absolute Gasteiger partial charge is 0.494 e. The predicted molar refractivity (Wildman–Crippen MR) is 90.0 cm³/mol. The first kappa shape index (κ1) is 15.6. The summed E-state index contributed by atoms with van der Waals surface area (Å²) in [5.41, 5.74) is 0.472.